The first-order chi connectivity index (χ1) is 7.88. The van der Waals surface area contributed by atoms with Crippen LogP contribution in [0.25, 0.3) is 0 Å². The van der Waals surface area contributed by atoms with E-state index in [1.165, 1.54) is 51.7 Å². The predicted octanol–water partition coefficient (Wildman–Crippen LogP) is 1.62. The van der Waals surface area contributed by atoms with E-state index in [0.29, 0.717) is 6.10 Å². The monoisotopic (exact) mass is 226 g/mol. The molecule has 0 radical (unpaired) electrons. The van der Waals surface area contributed by atoms with E-state index in [2.05, 4.69) is 4.90 Å². The van der Waals surface area contributed by atoms with Crippen molar-refractivity contribution < 1.29 is 4.74 Å². The van der Waals surface area contributed by atoms with Crippen LogP contribution in [-0.2, 0) is 4.74 Å². The molecular weight excluding hydrogens is 200 g/mol. The molecule has 3 heteroatoms. The Balaban J connectivity index is 1.55. The fourth-order valence-electron chi connectivity index (χ4n) is 2.63. The lowest BCUT2D eigenvalue weighted by Gasteiger charge is -2.36. The van der Waals surface area contributed by atoms with Gasteiger partial charge >= 0.3 is 0 Å². The van der Waals surface area contributed by atoms with Crippen LogP contribution in [-0.4, -0.2) is 43.8 Å². The van der Waals surface area contributed by atoms with Gasteiger partial charge in [-0.15, -0.1) is 0 Å². The third kappa shape index (κ3) is 3.72. The number of ether oxygens (including phenoxy) is 1. The van der Waals surface area contributed by atoms with Gasteiger partial charge in [0.2, 0.25) is 0 Å². The molecule has 0 spiro atoms. The normalized spacial score (nSPS) is 24.6. The molecule has 3 nitrogen and oxygen atoms in total. The maximum atomic E-state index is 5.81. The second-order valence-electron chi connectivity index (χ2n) is 5.31. The molecule has 0 amide bonds. The Hall–Kier alpha value is -0.120. The SMILES string of the molecule is NCCCOC1CCN(CC2CCC2)CC1. The van der Waals surface area contributed by atoms with Crippen molar-refractivity contribution in [1.82, 2.24) is 4.90 Å². The summed E-state index contributed by atoms with van der Waals surface area (Å²) in [5, 5.41) is 0. The van der Waals surface area contributed by atoms with Gasteiger partial charge in [0.1, 0.15) is 0 Å². The predicted molar refractivity (Wildman–Crippen MR) is 66.4 cm³/mol. The highest BCUT2D eigenvalue weighted by Crippen LogP contribution is 2.28. The Labute approximate surface area is 99.3 Å². The topological polar surface area (TPSA) is 38.5 Å². The van der Waals surface area contributed by atoms with Crippen LogP contribution in [0.15, 0.2) is 0 Å². The van der Waals surface area contributed by atoms with Crippen LogP contribution in [0.4, 0.5) is 0 Å². The zero-order valence-electron chi connectivity index (χ0n) is 10.4. The Morgan fingerprint density at radius 2 is 1.88 bits per heavy atom. The number of nitrogens with zero attached hydrogens (tertiary/aromatic N) is 1. The summed E-state index contributed by atoms with van der Waals surface area (Å²) in [6.45, 7) is 5.42. The average Bonchev–Trinajstić information content (AvgIpc) is 2.26. The van der Waals surface area contributed by atoms with Crippen molar-refractivity contribution >= 4 is 0 Å². The largest absolute Gasteiger partial charge is 0.378 e. The molecule has 2 fully saturated rings. The maximum Gasteiger partial charge on any atom is 0.0599 e. The molecule has 2 aliphatic rings. The van der Waals surface area contributed by atoms with Gasteiger partial charge in [0.25, 0.3) is 0 Å². The fraction of sp³-hybridized carbons (Fsp3) is 1.00. The third-order valence-corrected chi connectivity index (χ3v) is 3.98. The second kappa shape index (κ2) is 6.58. The molecule has 0 aromatic rings. The van der Waals surface area contributed by atoms with Gasteiger partial charge < -0.3 is 15.4 Å². The van der Waals surface area contributed by atoms with E-state index < -0.39 is 0 Å². The van der Waals surface area contributed by atoms with Gasteiger partial charge in [0.15, 0.2) is 0 Å². The van der Waals surface area contributed by atoms with Gasteiger partial charge in [-0.2, -0.15) is 0 Å². The first-order valence-electron chi connectivity index (χ1n) is 6.92. The molecule has 1 aliphatic carbocycles. The lowest BCUT2D eigenvalue weighted by molar-refractivity contribution is 0.00170. The Bertz CT molecular complexity index is 186. The van der Waals surface area contributed by atoms with Gasteiger partial charge in [-0.05, 0) is 44.6 Å². The number of piperidine rings is 1. The molecule has 1 aliphatic heterocycles. The van der Waals surface area contributed by atoms with Crippen molar-refractivity contribution in [2.75, 3.05) is 32.8 Å². The van der Waals surface area contributed by atoms with Crippen LogP contribution in [0.5, 0.6) is 0 Å². The van der Waals surface area contributed by atoms with Gasteiger partial charge in [0.05, 0.1) is 6.10 Å². The minimum absolute atomic E-state index is 0.504. The highest BCUT2D eigenvalue weighted by atomic mass is 16.5. The summed E-state index contributed by atoms with van der Waals surface area (Å²) >= 11 is 0. The molecule has 0 aromatic heterocycles. The molecule has 1 saturated heterocycles. The van der Waals surface area contributed by atoms with Crippen molar-refractivity contribution in [3.63, 3.8) is 0 Å². The van der Waals surface area contributed by atoms with Crippen LogP contribution in [0, 0.1) is 5.92 Å². The van der Waals surface area contributed by atoms with E-state index in [1.807, 2.05) is 0 Å². The van der Waals surface area contributed by atoms with E-state index in [9.17, 15) is 0 Å². The van der Waals surface area contributed by atoms with Crippen LogP contribution in [0.1, 0.15) is 38.5 Å². The van der Waals surface area contributed by atoms with Crippen molar-refractivity contribution in [3.05, 3.63) is 0 Å². The zero-order valence-corrected chi connectivity index (χ0v) is 10.4. The van der Waals surface area contributed by atoms with E-state index >= 15 is 0 Å². The van der Waals surface area contributed by atoms with E-state index in [0.717, 1.165) is 25.5 Å². The van der Waals surface area contributed by atoms with Crippen LogP contribution in [0.3, 0.4) is 0 Å². The fourth-order valence-corrected chi connectivity index (χ4v) is 2.63. The first kappa shape index (κ1) is 12.3. The molecule has 0 atom stereocenters. The summed E-state index contributed by atoms with van der Waals surface area (Å²) in [6.07, 6.45) is 8.34. The lowest BCUT2D eigenvalue weighted by Crippen LogP contribution is -2.41. The summed E-state index contributed by atoms with van der Waals surface area (Å²) in [5.74, 6) is 1.01. The highest BCUT2D eigenvalue weighted by Gasteiger charge is 2.24. The molecule has 2 rings (SSSR count). The molecule has 0 aromatic carbocycles. The van der Waals surface area contributed by atoms with Crippen LogP contribution >= 0.6 is 0 Å². The Kier molecular flexibility index (Phi) is 5.07. The lowest BCUT2D eigenvalue weighted by atomic mass is 9.85. The average molecular weight is 226 g/mol. The van der Waals surface area contributed by atoms with Crippen LogP contribution in [0.2, 0.25) is 0 Å². The number of rotatable bonds is 6. The first-order valence-corrected chi connectivity index (χ1v) is 6.92. The molecule has 2 N–H and O–H groups in total. The standard InChI is InChI=1S/C13H26N2O/c14-7-2-10-16-13-5-8-15(9-6-13)11-12-3-1-4-12/h12-13H,1-11,14H2. The minimum atomic E-state index is 0.504. The quantitative estimate of drug-likeness (QED) is 0.699. The van der Waals surface area contributed by atoms with Gasteiger partial charge in [-0.3, -0.25) is 0 Å². The molecule has 1 saturated carbocycles. The van der Waals surface area contributed by atoms with E-state index in [4.69, 9.17) is 10.5 Å². The summed E-state index contributed by atoms with van der Waals surface area (Å²) in [6, 6.07) is 0. The van der Waals surface area contributed by atoms with E-state index in [1.54, 1.807) is 0 Å². The molecule has 1 heterocycles. The van der Waals surface area contributed by atoms with Gasteiger partial charge in [0, 0.05) is 26.2 Å². The third-order valence-electron chi connectivity index (χ3n) is 3.98. The molecule has 16 heavy (non-hydrogen) atoms. The summed E-state index contributed by atoms with van der Waals surface area (Å²) in [7, 11) is 0. The molecule has 0 bridgehead atoms. The molecule has 0 unspecified atom stereocenters. The van der Waals surface area contributed by atoms with Crippen molar-refractivity contribution in [2.24, 2.45) is 11.7 Å². The van der Waals surface area contributed by atoms with Gasteiger partial charge in [-0.25, -0.2) is 0 Å². The number of hydrogen-bond acceptors (Lipinski definition) is 3. The summed E-state index contributed by atoms with van der Waals surface area (Å²) in [5.41, 5.74) is 5.45. The highest BCUT2D eigenvalue weighted by molar-refractivity contribution is 4.78. The van der Waals surface area contributed by atoms with E-state index in [-0.39, 0.29) is 0 Å². The summed E-state index contributed by atoms with van der Waals surface area (Å²) in [4.78, 5) is 2.63. The molecular formula is C13H26N2O. The Morgan fingerprint density at radius 3 is 2.44 bits per heavy atom. The number of likely N-dealkylation sites (tertiary alicyclic amines) is 1. The Morgan fingerprint density at radius 1 is 1.12 bits per heavy atom. The van der Waals surface area contributed by atoms with Crippen molar-refractivity contribution in [2.45, 2.75) is 44.6 Å². The zero-order chi connectivity index (χ0) is 11.2. The number of nitrogens with two attached hydrogens (primary N) is 1. The minimum Gasteiger partial charge on any atom is -0.378 e. The maximum absolute atomic E-state index is 5.81. The van der Waals surface area contributed by atoms with Gasteiger partial charge in [-0.1, -0.05) is 6.42 Å². The second-order valence-corrected chi connectivity index (χ2v) is 5.31. The van der Waals surface area contributed by atoms with Crippen molar-refractivity contribution in [3.8, 4) is 0 Å². The number of hydrogen-bond donors (Lipinski definition) is 1. The summed E-state index contributed by atoms with van der Waals surface area (Å²) < 4.78 is 5.81. The van der Waals surface area contributed by atoms with Crippen molar-refractivity contribution in [1.29, 1.82) is 0 Å². The van der Waals surface area contributed by atoms with Crippen LogP contribution < -0.4 is 5.73 Å². The molecule has 94 valence electrons. The smallest absolute Gasteiger partial charge is 0.0599 e.